The van der Waals surface area contributed by atoms with Crippen LogP contribution in [0.1, 0.15) is 23.2 Å². The number of ether oxygens (including phenoxy) is 2. The van der Waals surface area contributed by atoms with Crippen LogP contribution >= 0.6 is 0 Å². The first-order valence-electron chi connectivity index (χ1n) is 7.51. The van der Waals surface area contributed by atoms with E-state index in [9.17, 15) is 18.0 Å². The number of rotatable bonds is 7. The van der Waals surface area contributed by atoms with Crippen molar-refractivity contribution < 1.29 is 27.5 Å². The number of benzene rings is 1. The van der Waals surface area contributed by atoms with E-state index < -0.39 is 28.5 Å². The topological polar surface area (TPSA) is 111 Å². The summed E-state index contributed by atoms with van der Waals surface area (Å²) < 4.78 is 37.2. The Hall–Kier alpha value is -1.97. The van der Waals surface area contributed by atoms with Gasteiger partial charge in [-0.3, -0.25) is 4.79 Å². The van der Waals surface area contributed by atoms with E-state index in [0.717, 1.165) is 12.8 Å². The van der Waals surface area contributed by atoms with Crippen molar-refractivity contribution in [2.45, 2.75) is 23.8 Å². The van der Waals surface area contributed by atoms with Crippen LogP contribution < -0.4 is 10.0 Å². The fraction of sp³-hybridized carbons (Fsp3) is 0.467. The molecule has 9 heteroatoms. The predicted molar refractivity (Wildman–Crippen MR) is 85.0 cm³/mol. The number of carbonyl (C=O) groups is 2. The largest absolute Gasteiger partial charge is 0.452 e. The lowest BCUT2D eigenvalue weighted by Crippen LogP contribution is -2.32. The van der Waals surface area contributed by atoms with Crippen molar-refractivity contribution in [1.82, 2.24) is 10.0 Å². The van der Waals surface area contributed by atoms with Gasteiger partial charge < -0.3 is 14.8 Å². The van der Waals surface area contributed by atoms with Gasteiger partial charge in [-0.15, -0.1) is 0 Å². The molecule has 0 spiro atoms. The zero-order chi connectivity index (χ0) is 17.6. The smallest absolute Gasteiger partial charge is 0.338 e. The van der Waals surface area contributed by atoms with Crippen LogP contribution in [0.3, 0.4) is 0 Å². The van der Waals surface area contributed by atoms with Crippen LogP contribution in [0.15, 0.2) is 29.2 Å². The predicted octanol–water partition coefficient (Wildman–Crippen LogP) is 0.0467. The van der Waals surface area contributed by atoms with Gasteiger partial charge in [0.05, 0.1) is 16.6 Å². The molecule has 1 aliphatic rings. The first kappa shape index (κ1) is 18.4. The second-order valence-electron chi connectivity index (χ2n) is 5.26. The van der Waals surface area contributed by atoms with Gasteiger partial charge in [0.1, 0.15) is 0 Å². The maximum Gasteiger partial charge on any atom is 0.338 e. The molecule has 1 aliphatic heterocycles. The van der Waals surface area contributed by atoms with Gasteiger partial charge in [-0.2, -0.15) is 0 Å². The molecule has 0 aromatic heterocycles. The van der Waals surface area contributed by atoms with Gasteiger partial charge in [0.25, 0.3) is 5.91 Å². The van der Waals surface area contributed by atoms with Crippen molar-refractivity contribution in [3.05, 3.63) is 29.8 Å². The molecule has 1 atom stereocenters. The number of carbonyl (C=O) groups excluding carboxylic acids is 2. The molecular weight excluding hydrogens is 336 g/mol. The molecule has 1 saturated heterocycles. The summed E-state index contributed by atoms with van der Waals surface area (Å²) in [5, 5.41) is 2.32. The van der Waals surface area contributed by atoms with Crippen LogP contribution in [0, 0.1) is 0 Å². The molecule has 0 bridgehead atoms. The molecule has 1 aromatic carbocycles. The van der Waals surface area contributed by atoms with Gasteiger partial charge in [0.2, 0.25) is 10.0 Å². The van der Waals surface area contributed by atoms with E-state index in [1.165, 1.54) is 31.3 Å². The molecule has 24 heavy (non-hydrogen) atoms. The van der Waals surface area contributed by atoms with Gasteiger partial charge in [0.15, 0.2) is 6.61 Å². The zero-order valence-corrected chi connectivity index (χ0v) is 14.1. The Morgan fingerprint density at radius 3 is 2.83 bits per heavy atom. The van der Waals surface area contributed by atoms with E-state index >= 15 is 0 Å². The maximum absolute atomic E-state index is 12.3. The lowest BCUT2D eigenvalue weighted by Gasteiger charge is -2.12. The van der Waals surface area contributed by atoms with Crippen molar-refractivity contribution in [2.75, 3.05) is 26.8 Å². The average molecular weight is 356 g/mol. The highest BCUT2D eigenvalue weighted by atomic mass is 32.2. The molecule has 1 amide bonds. The van der Waals surface area contributed by atoms with E-state index in [1.54, 1.807) is 0 Å². The van der Waals surface area contributed by atoms with Crippen LogP contribution in [0.25, 0.3) is 0 Å². The molecular formula is C15H20N2O6S. The van der Waals surface area contributed by atoms with E-state index in [-0.39, 0.29) is 23.1 Å². The molecule has 1 heterocycles. The molecule has 0 aliphatic carbocycles. The fourth-order valence-corrected chi connectivity index (χ4v) is 3.28. The van der Waals surface area contributed by atoms with Gasteiger partial charge in [-0.05, 0) is 31.0 Å². The lowest BCUT2D eigenvalue weighted by atomic mass is 10.2. The Morgan fingerprint density at radius 2 is 2.17 bits per heavy atom. The summed E-state index contributed by atoms with van der Waals surface area (Å²) in [6, 6.07) is 5.46. The fourth-order valence-electron chi connectivity index (χ4n) is 2.17. The molecule has 1 aromatic rings. The number of likely N-dealkylation sites (N-methyl/N-ethyl adjacent to an activating group) is 1. The Bertz CT molecular complexity index is 698. The zero-order valence-electron chi connectivity index (χ0n) is 13.3. The Balaban J connectivity index is 2.02. The van der Waals surface area contributed by atoms with E-state index in [2.05, 4.69) is 10.0 Å². The summed E-state index contributed by atoms with van der Waals surface area (Å²) in [4.78, 5) is 22.9. The highest BCUT2D eigenvalue weighted by Gasteiger charge is 2.21. The Labute approximate surface area is 140 Å². The Kier molecular flexibility index (Phi) is 6.29. The summed E-state index contributed by atoms with van der Waals surface area (Å²) in [6.07, 6.45) is 1.61. The molecule has 2 N–H and O–H groups in total. The summed E-state index contributed by atoms with van der Waals surface area (Å²) in [7, 11) is -2.34. The van der Waals surface area contributed by atoms with Crippen LogP contribution in [0.4, 0.5) is 0 Å². The molecule has 0 saturated carbocycles. The van der Waals surface area contributed by atoms with Crippen LogP contribution in [-0.4, -0.2) is 53.2 Å². The van der Waals surface area contributed by atoms with Crippen LogP contribution in [0.5, 0.6) is 0 Å². The van der Waals surface area contributed by atoms with Crippen molar-refractivity contribution in [2.24, 2.45) is 0 Å². The quantitative estimate of drug-likeness (QED) is 0.668. The summed E-state index contributed by atoms with van der Waals surface area (Å²) >= 11 is 0. The number of hydrogen-bond acceptors (Lipinski definition) is 6. The molecule has 8 nitrogen and oxygen atoms in total. The molecule has 1 fully saturated rings. The first-order valence-corrected chi connectivity index (χ1v) is 9.00. The normalized spacial score (nSPS) is 17.5. The minimum atomic E-state index is -3.76. The van der Waals surface area contributed by atoms with Crippen molar-refractivity contribution >= 4 is 21.9 Å². The second kappa shape index (κ2) is 8.22. The van der Waals surface area contributed by atoms with Crippen LogP contribution in [-0.2, 0) is 24.3 Å². The number of amides is 1. The molecule has 132 valence electrons. The van der Waals surface area contributed by atoms with Crippen molar-refractivity contribution in [3.63, 3.8) is 0 Å². The third kappa shape index (κ3) is 5.02. The van der Waals surface area contributed by atoms with Gasteiger partial charge >= 0.3 is 5.97 Å². The minimum absolute atomic E-state index is 0.0464. The third-order valence-corrected chi connectivity index (χ3v) is 4.94. The van der Waals surface area contributed by atoms with Gasteiger partial charge in [-0.25, -0.2) is 17.9 Å². The molecule has 2 rings (SSSR count). The monoisotopic (exact) mass is 356 g/mol. The number of sulfonamides is 1. The number of nitrogens with one attached hydrogen (secondary N) is 2. The first-order chi connectivity index (χ1) is 11.4. The highest BCUT2D eigenvalue weighted by Crippen LogP contribution is 2.15. The molecule has 0 radical (unpaired) electrons. The standard InChI is InChI=1S/C15H20N2O6S/c1-16-14(18)10-23-15(19)11-4-2-6-13(8-11)24(20,21)17-9-12-5-3-7-22-12/h2,4,6,8,12,17H,3,5,7,9-10H2,1H3,(H,16,18)/t12-/m1/s1. The summed E-state index contributed by atoms with van der Waals surface area (Å²) in [6.45, 7) is 0.399. The lowest BCUT2D eigenvalue weighted by molar-refractivity contribution is -0.123. The second-order valence-corrected chi connectivity index (χ2v) is 7.03. The summed E-state index contributed by atoms with van der Waals surface area (Å²) in [5.41, 5.74) is 0.0545. The van der Waals surface area contributed by atoms with E-state index in [1.807, 2.05) is 0 Å². The maximum atomic E-state index is 12.3. The number of hydrogen-bond donors (Lipinski definition) is 2. The van der Waals surface area contributed by atoms with E-state index in [4.69, 9.17) is 9.47 Å². The van der Waals surface area contributed by atoms with Crippen LogP contribution in [0.2, 0.25) is 0 Å². The third-order valence-electron chi connectivity index (χ3n) is 3.52. The van der Waals surface area contributed by atoms with Gasteiger partial charge in [0, 0.05) is 20.2 Å². The Morgan fingerprint density at radius 1 is 1.38 bits per heavy atom. The SMILES string of the molecule is CNC(=O)COC(=O)c1cccc(S(=O)(=O)NC[C@H]2CCCO2)c1. The minimum Gasteiger partial charge on any atom is -0.452 e. The average Bonchev–Trinajstić information content (AvgIpc) is 3.11. The van der Waals surface area contributed by atoms with Crippen molar-refractivity contribution in [3.8, 4) is 0 Å². The highest BCUT2D eigenvalue weighted by molar-refractivity contribution is 7.89. The van der Waals surface area contributed by atoms with Crippen molar-refractivity contribution in [1.29, 1.82) is 0 Å². The van der Waals surface area contributed by atoms with E-state index in [0.29, 0.717) is 6.61 Å². The summed E-state index contributed by atoms with van der Waals surface area (Å²) in [5.74, 6) is -1.22. The molecule has 0 unspecified atom stereocenters. The van der Waals surface area contributed by atoms with Gasteiger partial charge in [-0.1, -0.05) is 6.07 Å². The number of esters is 1.